The van der Waals surface area contributed by atoms with Gasteiger partial charge in [-0.05, 0) is 103 Å². The first-order chi connectivity index (χ1) is 18.5. The van der Waals surface area contributed by atoms with Gasteiger partial charge in [0.15, 0.2) is 0 Å². The summed E-state index contributed by atoms with van der Waals surface area (Å²) in [6, 6.07) is 40.9. The van der Waals surface area contributed by atoms with Crippen LogP contribution in [0.1, 0.15) is 24.0 Å². The lowest BCUT2D eigenvalue weighted by atomic mass is 9.94. The summed E-state index contributed by atoms with van der Waals surface area (Å²) in [6.07, 6.45) is 4.47. The number of aromatic hydroxyl groups is 2. The van der Waals surface area contributed by atoms with Gasteiger partial charge >= 0.3 is 0 Å². The second kappa shape index (κ2) is 9.91. The van der Waals surface area contributed by atoms with Crippen LogP contribution in [0.3, 0.4) is 0 Å². The fraction of sp³-hybridized carbons (Fsp3) is 0.0556. The van der Waals surface area contributed by atoms with Gasteiger partial charge in [-0.3, -0.25) is 0 Å². The summed E-state index contributed by atoms with van der Waals surface area (Å²) in [5, 5.41) is 24.0. The molecule has 6 aromatic carbocycles. The Morgan fingerprint density at radius 2 is 0.921 bits per heavy atom. The standard InChI is InChI=1S/C36H28O2/c1-24(28-6-7-34-23-31(10-11-33(34)21-28)27-14-18-36(38)19-15-27)2-3-25-4-5-32-22-30(9-8-29(32)20-25)26-12-16-35(37)17-13-26/h2-24,37-38H,1H3/b3-2+. The Hall–Kier alpha value is -4.82. The van der Waals surface area contributed by atoms with Gasteiger partial charge in [0.05, 0.1) is 0 Å². The van der Waals surface area contributed by atoms with Gasteiger partial charge in [-0.15, -0.1) is 0 Å². The van der Waals surface area contributed by atoms with Gasteiger partial charge in [-0.1, -0.05) is 97.9 Å². The molecule has 0 aromatic heterocycles. The van der Waals surface area contributed by atoms with E-state index in [4.69, 9.17) is 0 Å². The minimum absolute atomic E-state index is 0.281. The van der Waals surface area contributed by atoms with E-state index in [0.717, 1.165) is 22.3 Å². The summed E-state index contributed by atoms with van der Waals surface area (Å²) in [5.41, 5.74) is 6.93. The summed E-state index contributed by atoms with van der Waals surface area (Å²) < 4.78 is 0. The molecule has 0 aliphatic carbocycles. The van der Waals surface area contributed by atoms with Crippen molar-refractivity contribution in [1.82, 2.24) is 0 Å². The molecule has 0 amide bonds. The Morgan fingerprint density at radius 1 is 0.474 bits per heavy atom. The number of hydrogen-bond donors (Lipinski definition) is 2. The van der Waals surface area contributed by atoms with Gasteiger partial charge < -0.3 is 10.2 Å². The predicted octanol–water partition coefficient (Wildman–Crippen LogP) is 9.56. The van der Waals surface area contributed by atoms with Crippen molar-refractivity contribution in [2.24, 2.45) is 0 Å². The van der Waals surface area contributed by atoms with Crippen molar-refractivity contribution in [3.63, 3.8) is 0 Å². The Labute approximate surface area is 222 Å². The van der Waals surface area contributed by atoms with Gasteiger partial charge in [0.2, 0.25) is 0 Å². The van der Waals surface area contributed by atoms with Crippen LogP contribution >= 0.6 is 0 Å². The first kappa shape index (κ1) is 23.6. The third kappa shape index (κ3) is 4.89. The molecule has 1 atom stereocenters. The molecule has 184 valence electrons. The topological polar surface area (TPSA) is 40.5 Å². The molecule has 0 saturated carbocycles. The lowest BCUT2D eigenvalue weighted by molar-refractivity contribution is 0.475. The van der Waals surface area contributed by atoms with E-state index in [9.17, 15) is 10.2 Å². The Bertz CT molecular complexity index is 1780. The van der Waals surface area contributed by atoms with Gasteiger partial charge in [0.25, 0.3) is 0 Å². The lowest BCUT2D eigenvalue weighted by Gasteiger charge is -2.10. The van der Waals surface area contributed by atoms with Crippen molar-refractivity contribution >= 4 is 27.6 Å². The monoisotopic (exact) mass is 492 g/mol. The fourth-order valence-corrected chi connectivity index (χ4v) is 4.95. The molecule has 0 saturated heterocycles. The highest BCUT2D eigenvalue weighted by molar-refractivity contribution is 5.90. The van der Waals surface area contributed by atoms with Gasteiger partial charge in [-0.2, -0.15) is 0 Å². The highest BCUT2D eigenvalue weighted by Gasteiger charge is 2.06. The zero-order chi connectivity index (χ0) is 26.1. The van der Waals surface area contributed by atoms with E-state index in [0.29, 0.717) is 0 Å². The molecular weight excluding hydrogens is 464 g/mol. The number of benzene rings is 6. The molecule has 0 fully saturated rings. The molecule has 6 aromatic rings. The molecule has 0 heterocycles. The van der Waals surface area contributed by atoms with Crippen molar-refractivity contribution in [2.45, 2.75) is 12.8 Å². The van der Waals surface area contributed by atoms with Crippen molar-refractivity contribution in [3.05, 3.63) is 139 Å². The molecule has 2 nitrogen and oxygen atoms in total. The largest absolute Gasteiger partial charge is 0.508 e. The van der Waals surface area contributed by atoms with Crippen LogP contribution in [0.5, 0.6) is 11.5 Å². The van der Waals surface area contributed by atoms with Crippen LogP contribution in [0.25, 0.3) is 49.9 Å². The van der Waals surface area contributed by atoms with E-state index in [1.54, 1.807) is 24.3 Å². The van der Waals surface area contributed by atoms with Gasteiger partial charge in [-0.25, -0.2) is 0 Å². The number of allylic oxidation sites excluding steroid dienone is 1. The van der Waals surface area contributed by atoms with Crippen molar-refractivity contribution in [3.8, 4) is 33.8 Å². The van der Waals surface area contributed by atoms with E-state index >= 15 is 0 Å². The van der Waals surface area contributed by atoms with Crippen molar-refractivity contribution in [2.75, 3.05) is 0 Å². The van der Waals surface area contributed by atoms with E-state index in [1.165, 1.54) is 32.7 Å². The predicted molar refractivity (Wildman–Crippen MR) is 160 cm³/mol. The molecule has 0 radical (unpaired) electrons. The summed E-state index contributed by atoms with van der Waals surface area (Å²) in [5.74, 6) is 0.844. The summed E-state index contributed by atoms with van der Waals surface area (Å²) in [6.45, 7) is 2.23. The fourth-order valence-electron chi connectivity index (χ4n) is 4.95. The van der Waals surface area contributed by atoms with Gasteiger partial charge in [0, 0.05) is 0 Å². The highest BCUT2D eigenvalue weighted by Crippen LogP contribution is 2.30. The average molecular weight is 493 g/mol. The lowest BCUT2D eigenvalue weighted by Crippen LogP contribution is -1.89. The molecular formula is C36H28O2. The first-order valence-electron chi connectivity index (χ1n) is 12.9. The normalized spacial score (nSPS) is 12.3. The SMILES string of the molecule is CC(/C=C/c1ccc2cc(-c3ccc(O)cc3)ccc2c1)c1ccc2cc(-c3ccc(O)cc3)ccc2c1. The second-order valence-corrected chi connectivity index (χ2v) is 9.88. The van der Waals surface area contributed by atoms with E-state index in [1.807, 2.05) is 24.3 Å². The molecule has 2 N–H and O–H groups in total. The zero-order valence-corrected chi connectivity index (χ0v) is 21.2. The maximum absolute atomic E-state index is 9.57. The molecule has 1 unspecified atom stereocenters. The Kier molecular flexibility index (Phi) is 6.15. The van der Waals surface area contributed by atoms with Gasteiger partial charge in [0.1, 0.15) is 11.5 Å². The molecule has 2 heteroatoms. The summed E-state index contributed by atoms with van der Waals surface area (Å²) in [7, 11) is 0. The number of rotatable bonds is 5. The highest BCUT2D eigenvalue weighted by atomic mass is 16.3. The van der Waals surface area contributed by atoms with Crippen LogP contribution in [0.4, 0.5) is 0 Å². The van der Waals surface area contributed by atoms with Crippen LogP contribution < -0.4 is 0 Å². The number of fused-ring (bicyclic) bond motifs is 2. The van der Waals surface area contributed by atoms with Crippen molar-refractivity contribution < 1.29 is 10.2 Å². The maximum atomic E-state index is 9.57. The second-order valence-electron chi connectivity index (χ2n) is 9.88. The van der Waals surface area contributed by atoms with Crippen LogP contribution in [-0.4, -0.2) is 10.2 Å². The quantitative estimate of drug-likeness (QED) is 0.251. The summed E-state index contributed by atoms with van der Waals surface area (Å²) >= 11 is 0. The smallest absolute Gasteiger partial charge is 0.115 e. The van der Waals surface area contributed by atoms with E-state index in [2.05, 4.69) is 91.9 Å². The summed E-state index contributed by atoms with van der Waals surface area (Å²) in [4.78, 5) is 0. The molecule has 0 bridgehead atoms. The van der Waals surface area contributed by atoms with Crippen LogP contribution in [-0.2, 0) is 0 Å². The average Bonchev–Trinajstić information content (AvgIpc) is 2.96. The molecule has 0 aliphatic heterocycles. The van der Waals surface area contributed by atoms with E-state index < -0.39 is 0 Å². The van der Waals surface area contributed by atoms with Crippen LogP contribution in [0, 0.1) is 0 Å². The number of phenolic OH excluding ortho intramolecular Hbond substituents is 2. The van der Waals surface area contributed by atoms with E-state index in [-0.39, 0.29) is 17.4 Å². The molecule has 0 spiro atoms. The van der Waals surface area contributed by atoms with Crippen molar-refractivity contribution in [1.29, 1.82) is 0 Å². The third-order valence-corrected chi connectivity index (χ3v) is 7.23. The minimum atomic E-state index is 0.281. The van der Waals surface area contributed by atoms with Crippen LogP contribution in [0.15, 0.2) is 127 Å². The first-order valence-corrected chi connectivity index (χ1v) is 12.9. The Morgan fingerprint density at radius 3 is 1.50 bits per heavy atom. The maximum Gasteiger partial charge on any atom is 0.115 e. The molecule has 0 aliphatic rings. The zero-order valence-electron chi connectivity index (χ0n) is 21.2. The number of phenols is 2. The van der Waals surface area contributed by atoms with Crippen LogP contribution in [0.2, 0.25) is 0 Å². The number of hydrogen-bond acceptors (Lipinski definition) is 2. The third-order valence-electron chi connectivity index (χ3n) is 7.23. The molecule has 6 rings (SSSR count). The molecule has 38 heavy (non-hydrogen) atoms. The Balaban J connectivity index is 1.20. The minimum Gasteiger partial charge on any atom is -0.508 e.